The zero-order chi connectivity index (χ0) is 18.7. The van der Waals surface area contributed by atoms with E-state index in [-0.39, 0.29) is 37.8 Å². The normalized spacial score (nSPS) is 15.9. The Morgan fingerprint density at radius 2 is 2.00 bits per heavy atom. The number of piperazine rings is 1. The van der Waals surface area contributed by atoms with Crippen LogP contribution in [0.25, 0.3) is 0 Å². The van der Waals surface area contributed by atoms with Gasteiger partial charge >= 0.3 is 5.82 Å². The number of nitro groups is 1. The number of carbonyl (C=O) groups excluding carboxylic acids is 1. The summed E-state index contributed by atoms with van der Waals surface area (Å²) >= 11 is 1.17. The second kappa shape index (κ2) is 7.51. The molecule has 0 bridgehead atoms. The first kappa shape index (κ1) is 18.5. The molecule has 1 amide bonds. The van der Waals surface area contributed by atoms with Gasteiger partial charge in [-0.25, -0.2) is 8.42 Å². The zero-order valence-corrected chi connectivity index (χ0v) is 15.4. The first-order valence-corrected chi connectivity index (χ1v) is 10.2. The lowest BCUT2D eigenvalue weighted by Crippen LogP contribution is -2.50. The van der Waals surface area contributed by atoms with E-state index in [1.807, 2.05) is 0 Å². The number of thiophene rings is 1. The number of nitrogens with zero attached hydrogens (tertiary/aromatic N) is 5. The van der Waals surface area contributed by atoms with Gasteiger partial charge in [0, 0.05) is 32.6 Å². The van der Waals surface area contributed by atoms with E-state index in [0.29, 0.717) is 17.3 Å². The van der Waals surface area contributed by atoms with Gasteiger partial charge in [0.05, 0.1) is 23.9 Å². The molecular weight excluding hydrogens is 382 g/mol. The van der Waals surface area contributed by atoms with Crippen molar-refractivity contribution in [3.05, 3.63) is 39.9 Å². The Hall–Kier alpha value is -2.31. The Balaban J connectivity index is 1.51. The summed E-state index contributed by atoms with van der Waals surface area (Å²) < 4.78 is 28.0. The van der Waals surface area contributed by atoms with Crippen molar-refractivity contribution >= 4 is 33.1 Å². The van der Waals surface area contributed by atoms with Crippen LogP contribution in [0.3, 0.4) is 0 Å². The largest absolute Gasteiger partial charge is 0.389 e. The molecule has 0 aromatic carbocycles. The molecule has 1 aliphatic heterocycles. The summed E-state index contributed by atoms with van der Waals surface area (Å²) in [4.78, 5) is 23.9. The molecule has 3 rings (SSSR count). The van der Waals surface area contributed by atoms with Gasteiger partial charge in [-0.15, -0.1) is 11.3 Å². The molecular formula is C14H17N5O5S2. The lowest BCUT2D eigenvalue weighted by atomic mass is 10.3. The topological polar surface area (TPSA) is 119 Å². The van der Waals surface area contributed by atoms with Gasteiger partial charge in [0.25, 0.3) is 10.0 Å². The third-order valence-electron chi connectivity index (χ3n) is 4.05. The molecule has 26 heavy (non-hydrogen) atoms. The van der Waals surface area contributed by atoms with Crippen molar-refractivity contribution in [2.45, 2.75) is 17.2 Å². The summed E-state index contributed by atoms with van der Waals surface area (Å²) in [6, 6.07) is 4.54. The molecule has 1 fully saturated rings. The highest BCUT2D eigenvalue weighted by Gasteiger charge is 2.30. The van der Waals surface area contributed by atoms with E-state index < -0.39 is 14.9 Å². The molecule has 0 unspecified atom stereocenters. The van der Waals surface area contributed by atoms with Crippen LogP contribution in [0.5, 0.6) is 0 Å². The number of aromatic nitrogens is 2. The monoisotopic (exact) mass is 399 g/mol. The smallest absolute Gasteiger partial charge is 0.358 e. The van der Waals surface area contributed by atoms with Crippen LogP contribution >= 0.6 is 11.3 Å². The molecule has 0 spiro atoms. The van der Waals surface area contributed by atoms with Crippen LogP contribution in [0, 0.1) is 10.1 Å². The maximum Gasteiger partial charge on any atom is 0.389 e. The molecule has 10 nitrogen and oxygen atoms in total. The van der Waals surface area contributed by atoms with E-state index in [0.717, 1.165) is 0 Å². The van der Waals surface area contributed by atoms with Crippen LogP contribution in [0.1, 0.15) is 6.42 Å². The Morgan fingerprint density at radius 3 is 2.58 bits per heavy atom. The maximum atomic E-state index is 12.5. The molecule has 0 N–H and O–H groups in total. The third kappa shape index (κ3) is 3.92. The molecule has 140 valence electrons. The number of aryl methyl sites for hydroxylation is 1. The van der Waals surface area contributed by atoms with E-state index >= 15 is 0 Å². The van der Waals surface area contributed by atoms with Crippen molar-refractivity contribution in [3.8, 4) is 0 Å². The summed E-state index contributed by atoms with van der Waals surface area (Å²) in [5, 5.41) is 16.1. The standard InChI is InChI=1S/C14H17N5O5S2/c20-13(4-6-17-5-3-12(15-17)19(21)22)16-7-9-18(10-8-16)26(23,24)14-2-1-11-25-14/h1-3,5,11H,4,6-10H2. The molecule has 0 saturated carbocycles. The highest BCUT2D eigenvalue weighted by Crippen LogP contribution is 2.22. The molecule has 2 aromatic heterocycles. The van der Waals surface area contributed by atoms with Gasteiger partial charge in [0.2, 0.25) is 5.91 Å². The highest BCUT2D eigenvalue weighted by atomic mass is 32.2. The molecule has 0 aliphatic carbocycles. The van der Waals surface area contributed by atoms with Crippen LogP contribution in [0.4, 0.5) is 5.82 Å². The minimum atomic E-state index is -3.49. The molecule has 3 heterocycles. The van der Waals surface area contributed by atoms with E-state index in [4.69, 9.17) is 0 Å². The highest BCUT2D eigenvalue weighted by molar-refractivity contribution is 7.91. The number of sulfonamides is 1. The van der Waals surface area contributed by atoms with E-state index in [2.05, 4.69) is 5.10 Å². The fourth-order valence-corrected chi connectivity index (χ4v) is 5.22. The average Bonchev–Trinajstić information content (AvgIpc) is 3.31. The Labute approximate surface area is 153 Å². The van der Waals surface area contributed by atoms with Crippen LogP contribution in [0.2, 0.25) is 0 Å². The van der Waals surface area contributed by atoms with Crippen molar-refractivity contribution in [2.75, 3.05) is 26.2 Å². The van der Waals surface area contributed by atoms with Crippen LogP contribution in [-0.4, -0.2) is 64.4 Å². The summed E-state index contributed by atoms with van der Waals surface area (Å²) in [6.07, 6.45) is 1.60. The lowest BCUT2D eigenvalue weighted by Gasteiger charge is -2.33. The minimum Gasteiger partial charge on any atom is -0.358 e. The molecule has 0 radical (unpaired) electrons. The van der Waals surface area contributed by atoms with E-state index in [1.54, 1.807) is 22.4 Å². The molecule has 0 atom stereocenters. The fourth-order valence-electron chi connectivity index (χ4n) is 2.66. The van der Waals surface area contributed by atoms with E-state index in [9.17, 15) is 23.3 Å². The number of rotatable bonds is 6. The lowest BCUT2D eigenvalue weighted by molar-refractivity contribution is -0.389. The van der Waals surface area contributed by atoms with Crippen LogP contribution in [0.15, 0.2) is 34.0 Å². The maximum absolute atomic E-state index is 12.5. The summed E-state index contributed by atoms with van der Waals surface area (Å²) in [5.41, 5.74) is 0. The summed E-state index contributed by atoms with van der Waals surface area (Å²) in [5.74, 6) is -0.388. The van der Waals surface area contributed by atoms with Gasteiger partial charge in [-0.1, -0.05) is 6.07 Å². The molecule has 2 aromatic rings. The third-order valence-corrected chi connectivity index (χ3v) is 7.32. The van der Waals surface area contributed by atoms with Crippen molar-refractivity contribution in [3.63, 3.8) is 0 Å². The first-order chi connectivity index (χ1) is 12.4. The first-order valence-electron chi connectivity index (χ1n) is 7.87. The second-order valence-corrected chi connectivity index (χ2v) is 8.77. The Bertz CT molecular complexity index is 885. The SMILES string of the molecule is O=C(CCn1ccc([N+](=O)[O-])n1)N1CCN(S(=O)(=O)c2cccs2)CC1. The number of hydrogen-bond acceptors (Lipinski definition) is 7. The van der Waals surface area contributed by atoms with Gasteiger partial charge in [0.1, 0.15) is 4.21 Å². The van der Waals surface area contributed by atoms with Gasteiger partial charge in [-0.3, -0.25) is 4.79 Å². The number of amides is 1. The number of hydrogen-bond donors (Lipinski definition) is 0. The van der Waals surface area contributed by atoms with Gasteiger partial charge in [0.15, 0.2) is 0 Å². The van der Waals surface area contributed by atoms with Crippen LogP contribution in [-0.2, 0) is 21.4 Å². The molecule has 1 aliphatic rings. The average molecular weight is 399 g/mol. The van der Waals surface area contributed by atoms with Crippen molar-refractivity contribution in [1.82, 2.24) is 19.0 Å². The van der Waals surface area contributed by atoms with Crippen LogP contribution < -0.4 is 0 Å². The predicted molar refractivity (Wildman–Crippen MR) is 93.2 cm³/mol. The predicted octanol–water partition coefficient (Wildman–Crippen LogP) is 0.776. The Kier molecular flexibility index (Phi) is 5.34. The zero-order valence-electron chi connectivity index (χ0n) is 13.7. The summed E-state index contributed by atoms with van der Waals surface area (Å²) in [7, 11) is -3.49. The van der Waals surface area contributed by atoms with Crippen molar-refractivity contribution < 1.29 is 18.1 Å². The van der Waals surface area contributed by atoms with Gasteiger partial charge < -0.3 is 15.0 Å². The summed E-state index contributed by atoms with van der Waals surface area (Å²) in [6.45, 7) is 1.38. The Morgan fingerprint density at radius 1 is 1.27 bits per heavy atom. The van der Waals surface area contributed by atoms with Gasteiger partial charge in [-0.05, 0) is 16.4 Å². The van der Waals surface area contributed by atoms with Crippen molar-refractivity contribution in [1.29, 1.82) is 0 Å². The molecule has 12 heteroatoms. The second-order valence-electron chi connectivity index (χ2n) is 5.66. The fraction of sp³-hybridized carbons (Fsp3) is 0.429. The quantitative estimate of drug-likeness (QED) is 0.523. The molecule has 1 saturated heterocycles. The van der Waals surface area contributed by atoms with E-state index in [1.165, 1.54) is 32.6 Å². The van der Waals surface area contributed by atoms with Gasteiger partial charge in [-0.2, -0.15) is 8.99 Å². The number of carbonyl (C=O) groups is 1. The minimum absolute atomic E-state index is 0.128. The van der Waals surface area contributed by atoms with Crippen molar-refractivity contribution in [2.24, 2.45) is 0 Å².